The van der Waals surface area contributed by atoms with Crippen LogP contribution in [0.5, 0.6) is 0 Å². The molecule has 0 fully saturated rings. The normalized spacial score (nSPS) is 10.6. The Balaban J connectivity index is 1.73. The largest absolute Gasteiger partial charge is 0.364 e. The van der Waals surface area contributed by atoms with Crippen molar-refractivity contribution in [2.75, 3.05) is 4.90 Å². The predicted molar refractivity (Wildman–Crippen MR) is 107 cm³/mol. The highest BCUT2D eigenvalue weighted by Gasteiger charge is 2.14. The van der Waals surface area contributed by atoms with E-state index in [0.717, 1.165) is 17.8 Å². The summed E-state index contributed by atoms with van der Waals surface area (Å²) >= 11 is 0. The number of pyridine rings is 2. The molecule has 0 saturated carbocycles. The summed E-state index contributed by atoms with van der Waals surface area (Å²) in [5.41, 5.74) is 3.67. The van der Waals surface area contributed by atoms with E-state index in [4.69, 9.17) is 0 Å². The first-order valence-electron chi connectivity index (χ1n) is 9.06. The van der Waals surface area contributed by atoms with Gasteiger partial charge >= 0.3 is 0 Å². The third kappa shape index (κ3) is 5.14. The van der Waals surface area contributed by atoms with E-state index in [1.165, 1.54) is 5.56 Å². The predicted octanol–water partition coefficient (Wildman–Crippen LogP) is 3.82. The molecule has 138 valence electrons. The lowest BCUT2D eigenvalue weighted by Crippen LogP contribution is -2.31. The summed E-state index contributed by atoms with van der Waals surface area (Å²) in [5, 5.41) is 2.92. The van der Waals surface area contributed by atoms with Crippen LogP contribution < -0.4 is 10.2 Å². The molecule has 0 unspecified atom stereocenters. The molecule has 0 bridgehead atoms. The van der Waals surface area contributed by atoms with Gasteiger partial charge in [0.1, 0.15) is 0 Å². The Morgan fingerprint density at radius 2 is 1.78 bits per heavy atom. The van der Waals surface area contributed by atoms with Gasteiger partial charge < -0.3 is 10.2 Å². The van der Waals surface area contributed by atoms with E-state index >= 15 is 0 Å². The minimum Gasteiger partial charge on any atom is -0.364 e. The Labute approximate surface area is 160 Å². The molecule has 1 amide bonds. The van der Waals surface area contributed by atoms with Crippen molar-refractivity contribution in [3.63, 3.8) is 0 Å². The number of aromatic nitrogens is 2. The van der Waals surface area contributed by atoms with Gasteiger partial charge in [-0.15, -0.1) is 0 Å². The van der Waals surface area contributed by atoms with Crippen LogP contribution in [0.4, 0.5) is 5.69 Å². The van der Waals surface area contributed by atoms with Crippen molar-refractivity contribution < 1.29 is 4.79 Å². The van der Waals surface area contributed by atoms with Gasteiger partial charge in [-0.05, 0) is 37.1 Å². The third-order valence-corrected chi connectivity index (χ3v) is 4.31. The molecule has 1 N–H and O–H groups in total. The van der Waals surface area contributed by atoms with Crippen LogP contribution in [0.2, 0.25) is 0 Å². The van der Waals surface area contributed by atoms with Gasteiger partial charge in [-0.1, -0.05) is 36.4 Å². The molecule has 3 aromatic rings. The molecule has 0 radical (unpaired) electrons. The second-order valence-corrected chi connectivity index (χ2v) is 6.68. The molecule has 3 rings (SSSR count). The summed E-state index contributed by atoms with van der Waals surface area (Å²) in [6.07, 6.45) is 6.87. The summed E-state index contributed by atoms with van der Waals surface area (Å²) in [7, 11) is 0. The van der Waals surface area contributed by atoms with E-state index in [2.05, 4.69) is 46.2 Å². The number of carbonyl (C=O) groups is 1. The maximum absolute atomic E-state index is 12.5. The molecular weight excluding hydrogens is 336 g/mol. The van der Waals surface area contributed by atoms with Gasteiger partial charge in [0.05, 0.1) is 17.4 Å². The summed E-state index contributed by atoms with van der Waals surface area (Å²) in [4.78, 5) is 23.1. The monoisotopic (exact) mass is 360 g/mol. The van der Waals surface area contributed by atoms with Gasteiger partial charge in [-0.3, -0.25) is 14.8 Å². The number of rotatable bonds is 7. The van der Waals surface area contributed by atoms with Crippen LogP contribution in [0, 0.1) is 0 Å². The summed E-state index contributed by atoms with van der Waals surface area (Å²) in [6, 6.07) is 16.3. The second-order valence-electron chi connectivity index (χ2n) is 6.68. The van der Waals surface area contributed by atoms with E-state index in [-0.39, 0.29) is 11.9 Å². The summed E-state index contributed by atoms with van der Waals surface area (Å²) in [5.74, 6) is -0.142. The molecule has 0 aliphatic heterocycles. The van der Waals surface area contributed by atoms with Gasteiger partial charge in [-0.2, -0.15) is 0 Å². The molecule has 5 nitrogen and oxygen atoms in total. The average molecular weight is 360 g/mol. The van der Waals surface area contributed by atoms with Crippen LogP contribution in [0.3, 0.4) is 0 Å². The van der Waals surface area contributed by atoms with Crippen LogP contribution >= 0.6 is 0 Å². The summed E-state index contributed by atoms with van der Waals surface area (Å²) in [6.45, 7) is 5.48. The van der Waals surface area contributed by atoms with Crippen molar-refractivity contribution in [1.82, 2.24) is 15.3 Å². The minimum absolute atomic E-state index is 0.142. The van der Waals surface area contributed by atoms with Crippen LogP contribution in [0.15, 0.2) is 73.3 Å². The first kappa shape index (κ1) is 18.6. The highest BCUT2D eigenvalue weighted by molar-refractivity contribution is 5.94. The number of nitrogens with one attached hydrogen (secondary N) is 1. The van der Waals surface area contributed by atoms with Crippen molar-refractivity contribution in [1.29, 1.82) is 0 Å². The number of hydrogen-bond acceptors (Lipinski definition) is 4. The van der Waals surface area contributed by atoms with E-state index in [1.54, 1.807) is 24.8 Å². The number of anilines is 1. The Bertz CT molecular complexity index is 866. The quantitative estimate of drug-likeness (QED) is 0.696. The lowest BCUT2D eigenvalue weighted by atomic mass is 10.1. The molecule has 5 heteroatoms. The Kier molecular flexibility index (Phi) is 6.15. The molecule has 27 heavy (non-hydrogen) atoms. The van der Waals surface area contributed by atoms with Crippen molar-refractivity contribution in [3.8, 4) is 0 Å². The van der Waals surface area contributed by atoms with E-state index < -0.39 is 0 Å². The number of carbonyl (C=O) groups excluding carboxylic acids is 1. The fraction of sp³-hybridized carbons (Fsp3) is 0.227. The van der Waals surface area contributed by atoms with Gasteiger partial charge in [-0.25, -0.2) is 0 Å². The number of amides is 1. The zero-order valence-electron chi connectivity index (χ0n) is 15.7. The summed E-state index contributed by atoms with van der Waals surface area (Å²) < 4.78 is 0. The molecule has 2 aromatic heterocycles. The zero-order valence-corrected chi connectivity index (χ0v) is 15.7. The van der Waals surface area contributed by atoms with E-state index in [0.29, 0.717) is 12.1 Å². The molecule has 2 heterocycles. The smallest absolute Gasteiger partial charge is 0.253 e. The Morgan fingerprint density at radius 3 is 2.48 bits per heavy atom. The fourth-order valence-corrected chi connectivity index (χ4v) is 2.85. The first-order valence-corrected chi connectivity index (χ1v) is 9.06. The second kappa shape index (κ2) is 8.94. The molecule has 0 spiro atoms. The van der Waals surface area contributed by atoms with Gasteiger partial charge in [0.2, 0.25) is 0 Å². The number of benzene rings is 1. The van der Waals surface area contributed by atoms with Crippen LogP contribution in [0.25, 0.3) is 0 Å². The van der Waals surface area contributed by atoms with Crippen molar-refractivity contribution in [2.24, 2.45) is 0 Å². The lowest BCUT2D eigenvalue weighted by molar-refractivity contribution is 0.0950. The SMILES string of the molecule is CC(C)N(Cc1ccccc1)c1cncc(C(=O)NCc2cccnc2)c1. The topological polar surface area (TPSA) is 58.1 Å². The van der Waals surface area contributed by atoms with Crippen molar-refractivity contribution >= 4 is 11.6 Å². The molecule has 0 saturated heterocycles. The Morgan fingerprint density at radius 1 is 1.00 bits per heavy atom. The molecule has 0 atom stereocenters. The minimum atomic E-state index is -0.142. The maximum Gasteiger partial charge on any atom is 0.253 e. The average Bonchev–Trinajstić information content (AvgIpc) is 2.71. The van der Waals surface area contributed by atoms with Crippen molar-refractivity contribution in [3.05, 3.63) is 90.0 Å². The third-order valence-electron chi connectivity index (χ3n) is 4.31. The van der Waals surface area contributed by atoms with Gasteiger partial charge in [0.15, 0.2) is 0 Å². The Hall–Kier alpha value is -3.21. The van der Waals surface area contributed by atoms with E-state index in [1.807, 2.05) is 36.4 Å². The van der Waals surface area contributed by atoms with Gasteiger partial charge in [0, 0.05) is 37.7 Å². The molecule has 1 aromatic carbocycles. The van der Waals surface area contributed by atoms with Gasteiger partial charge in [0.25, 0.3) is 5.91 Å². The highest BCUT2D eigenvalue weighted by atomic mass is 16.1. The molecule has 0 aliphatic rings. The zero-order chi connectivity index (χ0) is 19.1. The molecule has 0 aliphatic carbocycles. The number of hydrogen-bond donors (Lipinski definition) is 1. The number of nitrogens with zero attached hydrogens (tertiary/aromatic N) is 3. The fourth-order valence-electron chi connectivity index (χ4n) is 2.85. The van der Waals surface area contributed by atoms with Crippen molar-refractivity contribution in [2.45, 2.75) is 33.0 Å². The maximum atomic E-state index is 12.5. The first-order chi connectivity index (χ1) is 13.1. The van der Waals surface area contributed by atoms with E-state index in [9.17, 15) is 4.79 Å². The highest BCUT2D eigenvalue weighted by Crippen LogP contribution is 2.20. The van der Waals surface area contributed by atoms with Crippen LogP contribution in [0.1, 0.15) is 35.3 Å². The lowest BCUT2D eigenvalue weighted by Gasteiger charge is -2.29. The molecular formula is C22H24N4O. The van der Waals surface area contributed by atoms with Crippen LogP contribution in [-0.4, -0.2) is 21.9 Å². The van der Waals surface area contributed by atoms with Crippen LogP contribution in [-0.2, 0) is 13.1 Å². The standard InChI is InChI=1S/C22H24N4O/c1-17(2)26(16-18-7-4-3-5-8-18)21-11-20(14-24-15-21)22(27)25-13-19-9-6-10-23-12-19/h3-12,14-15,17H,13,16H2,1-2H3,(H,25,27).